The summed E-state index contributed by atoms with van der Waals surface area (Å²) in [4.78, 5) is 47.4. The predicted octanol–water partition coefficient (Wildman–Crippen LogP) is 3.35. The number of piperidine rings is 1. The fourth-order valence-corrected chi connectivity index (χ4v) is 6.46. The van der Waals surface area contributed by atoms with E-state index in [0.717, 1.165) is 71.0 Å². The first kappa shape index (κ1) is 36.1. The minimum Gasteiger partial charge on any atom is -0.478 e. The second-order valence-electron chi connectivity index (χ2n) is 11.6. The molecular weight excluding hydrogens is 581 g/mol. The SMILES string of the molecule is CCCCN1C(=O)[C@@H]([C@H](O)C2CCCCC2)NC(=O)C12CCN(CCCCOc1ccc(C(=O)NC)cn1)CC2.Cl.Cl. The molecule has 1 aromatic rings. The van der Waals surface area contributed by atoms with Crippen LogP contribution in [0.5, 0.6) is 5.88 Å². The van der Waals surface area contributed by atoms with Gasteiger partial charge in [0, 0.05) is 38.9 Å². The molecule has 2 saturated heterocycles. The Labute approximate surface area is 262 Å². The van der Waals surface area contributed by atoms with E-state index >= 15 is 0 Å². The van der Waals surface area contributed by atoms with Crippen molar-refractivity contribution < 1.29 is 24.2 Å². The Kier molecular flexibility index (Phi) is 14.8. The third kappa shape index (κ3) is 8.49. The highest BCUT2D eigenvalue weighted by Crippen LogP contribution is 2.36. The standard InChI is InChI=1S/C30H47N5O5.2ClH/c1-3-4-17-35-28(38)25(26(36)22-10-6-5-7-11-22)33-29(39)30(35)14-18-34(19-15-30)16-8-9-20-40-24-13-12-23(21-32-24)27(37)31-2;;/h12-13,21-22,25-26,36H,3-11,14-20H2,1-2H3,(H,31,37)(H,33,39);2*1H/t25-,26-;;/m1../s1. The van der Waals surface area contributed by atoms with Crippen molar-refractivity contribution in [3.8, 4) is 5.88 Å². The van der Waals surface area contributed by atoms with Crippen LogP contribution >= 0.6 is 24.8 Å². The lowest BCUT2D eigenvalue weighted by molar-refractivity contribution is -0.165. The van der Waals surface area contributed by atoms with Crippen LogP contribution < -0.4 is 15.4 Å². The first-order valence-electron chi connectivity index (χ1n) is 15.2. The van der Waals surface area contributed by atoms with E-state index in [1.807, 2.05) is 4.90 Å². The number of halogens is 2. The summed E-state index contributed by atoms with van der Waals surface area (Å²) in [5.41, 5.74) is -0.323. The third-order valence-electron chi connectivity index (χ3n) is 9.00. The maximum absolute atomic E-state index is 13.7. The Hall–Kier alpha value is -2.14. The normalized spacial score (nSPS) is 21.6. The fraction of sp³-hybridized carbons (Fsp3) is 0.733. The number of carbonyl (C=O) groups excluding carboxylic acids is 3. The van der Waals surface area contributed by atoms with Crippen LogP contribution in [-0.2, 0) is 9.59 Å². The van der Waals surface area contributed by atoms with Crippen LogP contribution in [0, 0.1) is 5.92 Å². The number of piperazine rings is 1. The highest BCUT2D eigenvalue weighted by molar-refractivity contribution is 6.00. The van der Waals surface area contributed by atoms with Crippen LogP contribution in [0.15, 0.2) is 18.3 Å². The van der Waals surface area contributed by atoms with Crippen molar-refractivity contribution in [2.45, 2.75) is 95.2 Å². The van der Waals surface area contributed by atoms with Crippen molar-refractivity contribution in [2.24, 2.45) is 5.92 Å². The summed E-state index contributed by atoms with van der Waals surface area (Å²) in [6, 6.07) is 2.57. The summed E-state index contributed by atoms with van der Waals surface area (Å²) in [5, 5.41) is 16.7. The van der Waals surface area contributed by atoms with Crippen LogP contribution in [0.2, 0.25) is 0 Å². The number of nitrogens with zero attached hydrogens (tertiary/aromatic N) is 3. The molecule has 1 aliphatic carbocycles. The van der Waals surface area contributed by atoms with E-state index in [2.05, 4.69) is 27.4 Å². The van der Waals surface area contributed by atoms with Gasteiger partial charge in [-0.1, -0.05) is 32.6 Å². The van der Waals surface area contributed by atoms with E-state index in [-0.39, 0.29) is 48.5 Å². The topological polar surface area (TPSA) is 124 Å². The van der Waals surface area contributed by atoms with E-state index in [1.54, 1.807) is 19.2 Å². The first-order chi connectivity index (χ1) is 19.4. The van der Waals surface area contributed by atoms with Crippen LogP contribution in [0.4, 0.5) is 0 Å². The molecule has 1 saturated carbocycles. The maximum atomic E-state index is 13.7. The molecule has 10 nitrogen and oxygen atoms in total. The number of aliphatic hydroxyl groups excluding tert-OH is 1. The molecule has 12 heteroatoms. The lowest BCUT2D eigenvalue weighted by Gasteiger charge is -2.52. The number of amides is 3. The molecule has 42 heavy (non-hydrogen) atoms. The molecule has 4 rings (SSSR count). The van der Waals surface area contributed by atoms with Crippen molar-refractivity contribution in [2.75, 3.05) is 39.8 Å². The van der Waals surface area contributed by atoms with E-state index in [9.17, 15) is 19.5 Å². The lowest BCUT2D eigenvalue weighted by atomic mass is 9.78. The summed E-state index contributed by atoms with van der Waals surface area (Å²) >= 11 is 0. The molecule has 3 aliphatic rings. The molecule has 0 unspecified atom stereocenters. The van der Waals surface area contributed by atoms with E-state index in [0.29, 0.717) is 37.4 Å². The first-order valence-corrected chi connectivity index (χ1v) is 15.2. The van der Waals surface area contributed by atoms with Gasteiger partial charge in [0.05, 0.1) is 18.3 Å². The summed E-state index contributed by atoms with van der Waals surface area (Å²) in [6.45, 7) is 5.60. The van der Waals surface area contributed by atoms with Gasteiger partial charge in [0.25, 0.3) is 5.91 Å². The van der Waals surface area contributed by atoms with Crippen molar-refractivity contribution in [3.05, 3.63) is 23.9 Å². The van der Waals surface area contributed by atoms with Gasteiger partial charge in [-0.2, -0.15) is 0 Å². The minimum absolute atomic E-state index is 0. The van der Waals surface area contributed by atoms with E-state index in [4.69, 9.17) is 4.74 Å². The fourth-order valence-electron chi connectivity index (χ4n) is 6.46. The number of aromatic nitrogens is 1. The van der Waals surface area contributed by atoms with Gasteiger partial charge in [-0.3, -0.25) is 14.4 Å². The van der Waals surface area contributed by atoms with E-state index in [1.165, 1.54) is 12.6 Å². The van der Waals surface area contributed by atoms with Crippen LogP contribution in [0.3, 0.4) is 0 Å². The number of aliphatic hydroxyl groups is 1. The second-order valence-corrected chi connectivity index (χ2v) is 11.6. The average molecular weight is 631 g/mol. The highest BCUT2D eigenvalue weighted by Gasteiger charge is 2.55. The Morgan fingerprint density at radius 1 is 1.12 bits per heavy atom. The number of unbranched alkanes of at least 4 members (excludes halogenated alkanes) is 2. The number of nitrogens with one attached hydrogen (secondary N) is 2. The molecule has 1 aromatic heterocycles. The molecule has 2 aliphatic heterocycles. The van der Waals surface area contributed by atoms with Gasteiger partial charge in [0.1, 0.15) is 11.6 Å². The van der Waals surface area contributed by atoms with Crippen molar-refractivity contribution >= 4 is 42.5 Å². The molecule has 238 valence electrons. The molecule has 3 heterocycles. The maximum Gasteiger partial charge on any atom is 0.252 e. The van der Waals surface area contributed by atoms with Gasteiger partial charge in [-0.05, 0) is 63.5 Å². The van der Waals surface area contributed by atoms with Gasteiger partial charge in [-0.15, -0.1) is 24.8 Å². The number of likely N-dealkylation sites (tertiary alicyclic amines) is 1. The molecule has 0 bridgehead atoms. The molecule has 1 spiro atoms. The highest BCUT2D eigenvalue weighted by atomic mass is 35.5. The number of carbonyl (C=O) groups is 3. The Morgan fingerprint density at radius 3 is 2.45 bits per heavy atom. The number of hydrogen-bond acceptors (Lipinski definition) is 7. The number of hydrogen-bond donors (Lipinski definition) is 3. The van der Waals surface area contributed by atoms with E-state index < -0.39 is 17.7 Å². The molecule has 0 aromatic carbocycles. The smallest absolute Gasteiger partial charge is 0.252 e. The quantitative estimate of drug-likeness (QED) is 0.303. The molecule has 2 atom stereocenters. The van der Waals surface area contributed by atoms with Crippen LogP contribution in [-0.4, -0.2) is 95.1 Å². The zero-order valence-corrected chi connectivity index (χ0v) is 26.6. The monoisotopic (exact) mass is 629 g/mol. The van der Waals surface area contributed by atoms with Crippen molar-refractivity contribution in [1.29, 1.82) is 0 Å². The Morgan fingerprint density at radius 2 is 1.83 bits per heavy atom. The number of pyridine rings is 1. The minimum atomic E-state index is -0.828. The van der Waals surface area contributed by atoms with Crippen molar-refractivity contribution in [3.63, 3.8) is 0 Å². The Balaban J connectivity index is 0.00000308. The largest absolute Gasteiger partial charge is 0.478 e. The average Bonchev–Trinajstić information content (AvgIpc) is 2.99. The molecule has 0 radical (unpaired) electrons. The van der Waals surface area contributed by atoms with Crippen LogP contribution in [0.1, 0.15) is 87.9 Å². The van der Waals surface area contributed by atoms with Gasteiger partial charge in [0.2, 0.25) is 17.7 Å². The summed E-state index contributed by atoms with van der Waals surface area (Å²) in [6.07, 6.45) is 10.7. The van der Waals surface area contributed by atoms with Crippen LogP contribution in [0.25, 0.3) is 0 Å². The zero-order valence-electron chi connectivity index (χ0n) is 25.0. The third-order valence-corrected chi connectivity index (χ3v) is 9.00. The van der Waals surface area contributed by atoms with Gasteiger partial charge in [-0.25, -0.2) is 4.98 Å². The molecule has 3 N–H and O–H groups in total. The lowest BCUT2D eigenvalue weighted by Crippen LogP contribution is -2.75. The van der Waals surface area contributed by atoms with Crippen molar-refractivity contribution in [1.82, 2.24) is 25.4 Å². The summed E-state index contributed by atoms with van der Waals surface area (Å²) in [5.74, 6) is 0.204. The zero-order chi connectivity index (χ0) is 28.5. The van der Waals surface area contributed by atoms with Gasteiger partial charge >= 0.3 is 0 Å². The molecule has 3 fully saturated rings. The summed E-state index contributed by atoms with van der Waals surface area (Å²) in [7, 11) is 1.58. The number of ether oxygens (including phenoxy) is 1. The molecular formula is C30H49Cl2N5O5. The van der Waals surface area contributed by atoms with Gasteiger partial charge in [0.15, 0.2) is 0 Å². The number of rotatable bonds is 12. The predicted molar refractivity (Wildman–Crippen MR) is 166 cm³/mol. The second kappa shape index (κ2) is 17.2. The van der Waals surface area contributed by atoms with Gasteiger partial charge < -0.3 is 30.3 Å². The Bertz CT molecular complexity index is 1000. The molecule has 3 amide bonds. The summed E-state index contributed by atoms with van der Waals surface area (Å²) < 4.78 is 5.73.